The van der Waals surface area contributed by atoms with E-state index in [1.807, 2.05) is 4.90 Å². The number of amides is 3. The first-order chi connectivity index (χ1) is 8.70. The van der Waals surface area contributed by atoms with Crippen LogP contribution in [0.4, 0.5) is 4.79 Å². The third-order valence-electron chi connectivity index (χ3n) is 4.32. The molecule has 4 heteroatoms. The number of hydrogen-bond donors (Lipinski definition) is 1. The van der Waals surface area contributed by atoms with E-state index in [0.717, 1.165) is 45.1 Å². The number of rotatable bonds is 5. The van der Waals surface area contributed by atoms with Crippen LogP contribution in [0.2, 0.25) is 0 Å². The molecule has 1 heterocycles. The van der Waals surface area contributed by atoms with E-state index in [1.54, 1.807) is 0 Å². The van der Waals surface area contributed by atoms with Crippen molar-refractivity contribution in [2.75, 3.05) is 6.54 Å². The maximum atomic E-state index is 12.1. The summed E-state index contributed by atoms with van der Waals surface area (Å²) in [6, 6.07) is -0.168. The van der Waals surface area contributed by atoms with Gasteiger partial charge in [-0.15, -0.1) is 0 Å². The lowest BCUT2D eigenvalue weighted by molar-refractivity contribution is -0.128. The van der Waals surface area contributed by atoms with E-state index < -0.39 is 5.54 Å². The van der Waals surface area contributed by atoms with Crippen LogP contribution in [0.15, 0.2) is 0 Å². The molecule has 0 bridgehead atoms. The summed E-state index contributed by atoms with van der Waals surface area (Å²) in [6.07, 6.45) is 9.55. The van der Waals surface area contributed by atoms with E-state index in [4.69, 9.17) is 0 Å². The van der Waals surface area contributed by atoms with Crippen LogP contribution >= 0.6 is 0 Å². The SMILES string of the molecule is CCCCCCN1C(=O)NC(=O)C12CCCCC2. The number of nitrogens with zero attached hydrogens (tertiary/aromatic N) is 1. The molecule has 18 heavy (non-hydrogen) atoms. The Morgan fingerprint density at radius 1 is 1.11 bits per heavy atom. The molecule has 2 rings (SSSR count). The summed E-state index contributed by atoms with van der Waals surface area (Å²) in [6.45, 7) is 2.91. The number of urea groups is 1. The Bertz CT molecular complexity index is 322. The lowest BCUT2D eigenvalue weighted by atomic mass is 9.80. The Balaban J connectivity index is 2.00. The van der Waals surface area contributed by atoms with Crippen molar-refractivity contribution in [3.8, 4) is 0 Å². The number of carbonyl (C=O) groups is 2. The van der Waals surface area contributed by atoms with Gasteiger partial charge in [-0.1, -0.05) is 45.4 Å². The highest BCUT2D eigenvalue weighted by atomic mass is 16.2. The minimum absolute atomic E-state index is 0.0531. The van der Waals surface area contributed by atoms with Crippen molar-refractivity contribution in [2.24, 2.45) is 0 Å². The Morgan fingerprint density at radius 3 is 2.50 bits per heavy atom. The van der Waals surface area contributed by atoms with Gasteiger partial charge < -0.3 is 4.90 Å². The van der Waals surface area contributed by atoms with Crippen LogP contribution in [0.3, 0.4) is 0 Å². The molecule has 1 aliphatic carbocycles. The standard InChI is InChI=1S/C14H24N2O2/c1-2-3-4-8-11-16-13(18)15-12(17)14(16)9-6-5-7-10-14/h2-11H2,1H3,(H,15,17,18). The maximum Gasteiger partial charge on any atom is 0.325 e. The van der Waals surface area contributed by atoms with Gasteiger partial charge in [-0.3, -0.25) is 10.1 Å². The molecule has 1 N–H and O–H groups in total. The highest BCUT2D eigenvalue weighted by Crippen LogP contribution is 2.37. The van der Waals surface area contributed by atoms with Crippen molar-refractivity contribution in [2.45, 2.75) is 70.3 Å². The predicted molar refractivity (Wildman–Crippen MR) is 70.2 cm³/mol. The van der Waals surface area contributed by atoms with E-state index in [0.29, 0.717) is 0 Å². The van der Waals surface area contributed by atoms with Crippen LogP contribution in [-0.4, -0.2) is 28.9 Å². The van der Waals surface area contributed by atoms with Crippen molar-refractivity contribution < 1.29 is 9.59 Å². The van der Waals surface area contributed by atoms with Gasteiger partial charge in [-0.25, -0.2) is 4.79 Å². The highest BCUT2D eigenvalue weighted by molar-refractivity contribution is 6.07. The van der Waals surface area contributed by atoms with Gasteiger partial charge in [0.2, 0.25) is 0 Å². The number of unbranched alkanes of at least 4 members (excludes halogenated alkanes) is 3. The van der Waals surface area contributed by atoms with Crippen LogP contribution < -0.4 is 5.32 Å². The van der Waals surface area contributed by atoms with Gasteiger partial charge in [0.15, 0.2) is 0 Å². The Labute approximate surface area is 109 Å². The molecule has 0 atom stereocenters. The second kappa shape index (κ2) is 5.72. The third-order valence-corrected chi connectivity index (χ3v) is 4.32. The van der Waals surface area contributed by atoms with Gasteiger partial charge >= 0.3 is 6.03 Å². The average Bonchev–Trinajstić information content (AvgIpc) is 2.59. The molecule has 0 radical (unpaired) electrons. The molecule has 102 valence electrons. The van der Waals surface area contributed by atoms with E-state index >= 15 is 0 Å². The summed E-state index contributed by atoms with van der Waals surface area (Å²) < 4.78 is 0. The average molecular weight is 252 g/mol. The molecule has 2 fully saturated rings. The molecule has 1 saturated heterocycles. The molecule has 4 nitrogen and oxygen atoms in total. The van der Waals surface area contributed by atoms with E-state index in [1.165, 1.54) is 19.3 Å². The number of hydrogen-bond acceptors (Lipinski definition) is 2. The van der Waals surface area contributed by atoms with Crippen molar-refractivity contribution >= 4 is 11.9 Å². The third kappa shape index (κ3) is 2.38. The van der Waals surface area contributed by atoms with Crippen molar-refractivity contribution in [1.82, 2.24) is 10.2 Å². The summed E-state index contributed by atoms with van der Waals surface area (Å²) in [4.78, 5) is 25.8. The molecule has 0 aromatic heterocycles. The van der Waals surface area contributed by atoms with Crippen LogP contribution in [0.1, 0.15) is 64.7 Å². The Morgan fingerprint density at radius 2 is 1.83 bits per heavy atom. The zero-order valence-electron chi connectivity index (χ0n) is 11.3. The molecule has 1 spiro atoms. The lowest BCUT2D eigenvalue weighted by Crippen LogP contribution is -2.51. The van der Waals surface area contributed by atoms with Crippen molar-refractivity contribution in [3.63, 3.8) is 0 Å². The number of carbonyl (C=O) groups excluding carboxylic acids is 2. The summed E-state index contributed by atoms with van der Waals surface area (Å²) in [5.74, 6) is -0.0531. The molecule has 2 aliphatic rings. The van der Waals surface area contributed by atoms with Gasteiger partial charge in [0.25, 0.3) is 5.91 Å². The largest absolute Gasteiger partial charge is 0.325 e. The molecule has 1 aliphatic heterocycles. The number of nitrogens with one attached hydrogen (secondary N) is 1. The zero-order valence-corrected chi connectivity index (χ0v) is 11.3. The summed E-state index contributed by atoms with van der Waals surface area (Å²) >= 11 is 0. The monoisotopic (exact) mass is 252 g/mol. The molecule has 0 unspecified atom stereocenters. The maximum absolute atomic E-state index is 12.1. The molecule has 1 saturated carbocycles. The molecular weight excluding hydrogens is 228 g/mol. The second-order valence-electron chi connectivity index (χ2n) is 5.56. The van der Waals surface area contributed by atoms with Gasteiger partial charge in [-0.05, 0) is 19.3 Å². The fraction of sp³-hybridized carbons (Fsp3) is 0.857. The molecule has 0 aromatic rings. The normalized spacial score (nSPS) is 22.6. The fourth-order valence-electron chi connectivity index (χ4n) is 3.24. The van der Waals surface area contributed by atoms with Gasteiger partial charge in [0.1, 0.15) is 5.54 Å². The molecular formula is C14H24N2O2. The zero-order chi connectivity index (χ0) is 13.0. The summed E-state index contributed by atoms with van der Waals surface area (Å²) in [7, 11) is 0. The van der Waals surface area contributed by atoms with Crippen molar-refractivity contribution in [1.29, 1.82) is 0 Å². The molecule has 3 amide bonds. The first-order valence-corrected chi connectivity index (χ1v) is 7.34. The van der Waals surface area contributed by atoms with Gasteiger partial charge in [-0.2, -0.15) is 0 Å². The molecule has 0 aromatic carbocycles. The highest BCUT2D eigenvalue weighted by Gasteiger charge is 2.52. The number of imide groups is 1. The first-order valence-electron chi connectivity index (χ1n) is 7.34. The van der Waals surface area contributed by atoms with E-state index in [9.17, 15) is 9.59 Å². The lowest BCUT2D eigenvalue weighted by Gasteiger charge is -2.38. The van der Waals surface area contributed by atoms with Crippen LogP contribution in [0, 0.1) is 0 Å². The summed E-state index contributed by atoms with van der Waals surface area (Å²) in [5, 5.41) is 2.52. The van der Waals surface area contributed by atoms with Crippen LogP contribution in [-0.2, 0) is 4.79 Å². The minimum atomic E-state index is -0.498. The predicted octanol–water partition coefficient (Wildman–Crippen LogP) is 2.82. The van der Waals surface area contributed by atoms with Crippen LogP contribution in [0.25, 0.3) is 0 Å². The topological polar surface area (TPSA) is 49.4 Å². The summed E-state index contributed by atoms with van der Waals surface area (Å²) in [5.41, 5.74) is -0.498. The first kappa shape index (κ1) is 13.4. The van der Waals surface area contributed by atoms with Crippen LogP contribution in [0.5, 0.6) is 0 Å². The van der Waals surface area contributed by atoms with E-state index in [-0.39, 0.29) is 11.9 Å². The van der Waals surface area contributed by atoms with Gasteiger partial charge in [0.05, 0.1) is 0 Å². The van der Waals surface area contributed by atoms with E-state index in [2.05, 4.69) is 12.2 Å². The van der Waals surface area contributed by atoms with Crippen molar-refractivity contribution in [3.05, 3.63) is 0 Å². The minimum Gasteiger partial charge on any atom is -0.310 e. The Hall–Kier alpha value is -1.06. The fourth-order valence-corrected chi connectivity index (χ4v) is 3.24. The Kier molecular flexibility index (Phi) is 4.25. The quantitative estimate of drug-likeness (QED) is 0.604. The smallest absolute Gasteiger partial charge is 0.310 e. The second-order valence-corrected chi connectivity index (χ2v) is 5.56. The van der Waals surface area contributed by atoms with Gasteiger partial charge in [0, 0.05) is 6.54 Å².